The van der Waals surface area contributed by atoms with Gasteiger partial charge in [0.1, 0.15) is 22.6 Å². The molecule has 2 heterocycles. The van der Waals surface area contributed by atoms with Crippen LogP contribution in [0.25, 0.3) is 17.4 Å². The molecule has 1 amide bonds. The first-order valence-corrected chi connectivity index (χ1v) is 11.3. The summed E-state index contributed by atoms with van der Waals surface area (Å²) in [6, 6.07) is 10.9. The van der Waals surface area contributed by atoms with E-state index in [9.17, 15) is 10.1 Å². The number of rotatable bonds is 4. The van der Waals surface area contributed by atoms with Crippen LogP contribution in [0.1, 0.15) is 28.2 Å². The quantitative estimate of drug-likeness (QED) is 0.338. The summed E-state index contributed by atoms with van der Waals surface area (Å²) >= 11 is 18.8. The smallest absolute Gasteiger partial charge is 0.250 e. The number of nitriles is 1. The fourth-order valence-electron chi connectivity index (χ4n) is 3.35. The number of hydrogen-bond donors (Lipinski definition) is 2. The Labute approximate surface area is 198 Å². The lowest BCUT2D eigenvalue weighted by atomic mass is 10.1. The molecule has 2 aromatic heterocycles. The second kappa shape index (κ2) is 9.25. The van der Waals surface area contributed by atoms with Crippen molar-refractivity contribution in [3.8, 4) is 17.4 Å². The molecule has 0 atom stereocenters. The lowest BCUT2D eigenvalue weighted by molar-refractivity contribution is -0.115. The number of fused-ring (bicyclic) bond motifs is 1. The van der Waals surface area contributed by atoms with E-state index in [0.717, 1.165) is 30.4 Å². The van der Waals surface area contributed by atoms with Crippen LogP contribution in [-0.4, -0.2) is 11.0 Å². The SMILES string of the molecule is N#Cc1c(NC(=S)NC(=O)/C=C/c2ccc(-c3cc(Cl)cc(Cl)c3)o2)sc2c1CCC2. The van der Waals surface area contributed by atoms with E-state index in [1.807, 2.05) is 0 Å². The number of hydrogen-bond acceptors (Lipinski definition) is 5. The van der Waals surface area contributed by atoms with Crippen molar-refractivity contribution in [1.29, 1.82) is 5.26 Å². The number of thiocarbonyl (C=S) groups is 1. The summed E-state index contributed by atoms with van der Waals surface area (Å²) in [5.74, 6) is 0.654. The Hall–Kier alpha value is -2.63. The Kier molecular flexibility index (Phi) is 6.44. The average molecular weight is 488 g/mol. The molecule has 0 unspecified atom stereocenters. The van der Waals surface area contributed by atoms with Crippen molar-refractivity contribution in [2.24, 2.45) is 0 Å². The normalized spacial score (nSPS) is 12.5. The van der Waals surface area contributed by atoms with Crippen molar-refractivity contribution in [2.75, 3.05) is 5.32 Å². The van der Waals surface area contributed by atoms with Crippen LogP contribution in [0.4, 0.5) is 5.00 Å². The monoisotopic (exact) mass is 487 g/mol. The molecule has 2 N–H and O–H groups in total. The molecule has 4 rings (SSSR count). The Bertz CT molecular complexity index is 1230. The number of nitrogens with zero attached hydrogens (tertiary/aromatic N) is 1. The molecule has 1 aliphatic carbocycles. The topological polar surface area (TPSA) is 78.1 Å². The highest BCUT2D eigenvalue weighted by atomic mass is 35.5. The van der Waals surface area contributed by atoms with Crippen molar-refractivity contribution in [3.05, 3.63) is 68.2 Å². The molecule has 3 aromatic rings. The van der Waals surface area contributed by atoms with Gasteiger partial charge in [0.15, 0.2) is 5.11 Å². The average Bonchev–Trinajstić information content (AvgIpc) is 3.41. The Morgan fingerprint density at radius 1 is 1.23 bits per heavy atom. The second-order valence-electron chi connectivity index (χ2n) is 6.81. The third kappa shape index (κ3) is 5.00. The van der Waals surface area contributed by atoms with E-state index >= 15 is 0 Å². The van der Waals surface area contributed by atoms with Crippen LogP contribution < -0.4 is 10.6 Å². The van der Waals surface area contributed by atoms with Gasteiger partial charge in [-0.2, -0.15) is 5.26 Å². The molecular weight excluding hydrogens is 473 g/mol. The fraction of sp³-hybridized carbons (Fsp3) is 0.136. The molecule has 0 radical (unpaired) electrons. The lowest BCUT2D eigenvalue weighted by Gasteiger charge is -2.06. The zero-order valence-corrected chi connectivity index (χ0v) is 19.1. The third-order valence-electron chi connectivity index (χ3n) is 4.67. The van der Waals surface area contributed by atoms with Gasteiger partial charge in [0, 0.05) is 26.6 Å². The van der Waals surface area contributed by atoms with Gasteiger partial charge < -0.3 is 9.73 Å². The first-order chi connectivity index (χ1) is 14.9. The van der Waals surface area contributed by atoms with Crippen LogP contribution in [0, 0.1) is 11.3 Å². The largest absolute Gasteiger partial charge is 0.457 e. The van der Waals surface area contributed by atoms with Crippen molar-refractivity contribution >= 4 is 68.9 Å². The van der Waals surface area contributed by atoms with Gasteiger partial charge in [0.25, 0.3) is 0 Å². The van der Waals surface area contributed by atoms with E-state index in [4.69, 9.17) is 39.8 Å². The van der Waals surface area contributed by atoms with Gasteiger partial charge in [-0.3, -0.25) is 10.1 Å². The predicted octanol–water partition coefficient (Wildman–Crippen LogP) is 6.20. The number of aryl methyl sites for hydroxylation is 1. The molecule has 0 aliphatic heterocycles. The van der Waals surface area contributed by atoms with Crippen molar-refractivity contribution < 1.29 is 9.21 Å². The van der Waals surface area contributed by atoms with Gasteiger partial charge >= 0.3 is 0 Å². The lowest BCUT2D eigenvalue weighted by Crippen LogP contribution is -2.32. The molecular formula is C22H15Cl2N3O2S2. The number of carbonyl (C=O) groups excluding carboxylic acids is 1. The van der Waals surface area contributed by atoms with Crippen LogP contribution in [0.3, 0.4) is 0 Å². The van der Waals surface area contributed by atoms with E-state index in [-0.39, 0.29) is 5.11 Å². The van der Waals surface area contributed by atoms with Gasteiger partial charge in [-0.05, 0) is 73.5 Å². The van der Waals surface area contributed by atoms with Gasteiger partial charge in [-0.1, -0.05) is 23.2 Å². The summed E-state index contributed by atoms with van der Waals surface area (Å²) < 4.78 is 5.73. The van der Waals surface area contributed by atoms with E-state index in [2.05, 4.69) is 16.7 Å². The Balaban J connectivity index is 1.37. The van der Waals surface area contributed by atoms with E-state index < -0.39 is 5.91 Å². The highest BCUT2D eigenvalue weighted by Crippen LogP contribution is 2.38. The first kappa shape index (κ1) is 21.6. The van der Waals surface area contributed by atoms with Gasteiger partial charge in [-0.15, -0.1) is 11.3 Å². The number of halogens is 2. The number of furan rings is 1. The molecule has 0 spiro atoms. The maximum absolute atomic E-state index is 12.2. The number of thiophene rings is 1. The Morgan fingerprint density at radius 3 is 2.74 bits per heavy atom. The molecule has 1 aliphatic rings. The van der Waals surface area contributed by atoms with Crippen LogP contribution in [-0.2, 0) is 17.6 Å². The van der Waals surface area contributed by atoms with Gasteiger partial charge in [0.05, 0.1) is 5.56 Å². The Morgan fingerprint density at radius 2 is 2.00 bits per heavy atom. The number of anilines is 1. The van der Waals surface area contributed by atoms with E-state index in [1.165, 1.54) is 28.4 Å². The fourth-order valence-corrected chi connectivity index (χ4v) is 5.39. The summed E-state index contributed by atoms with van der Waals surface area (Å²) in [4.78, 5) is 13.4. The van der Waals surface area contributed by atoms with Crippen LogP contribution in [0.5, 0.6) is 0 Å². The van der Waals surface area contributed by atoms with Crippen LogP contribution in [0.2, 0.25) is 10.0 Å². The second-order valence-corrected chi connectivity index (χ2v) is 9.20. The standard InChI is InChI=1S/C22H15Cl2N3O2S2/c23-13-8-12(9-14(24)10-13)18-6-4-15(29-18)5-7-20(28)26-22(30)27-21-17(11-25)16-2-1-3-19(16)31-21/h4-10H,1-3H2,(H2,26,27,28,30)/b7-5+. The zero-order chi connectivity index (χ0) is 22.0. The minimum Gasteiger partial charge on any atom is -0.457 e. The van der Waals surface area contributed by atoms with Crippen LogP contribution >= 0.6 is 46.8 Å². The third-order valence-corrected chi connectivity index (χ3v) is 6.52. The summed E-state index contributed by atoms with van der Waals surface area (Å²) in [6.07, 6.45) is 5.81. The van der Waals surface area contributed by atoms with Gasteiger partial charge in [0.2, 0.25) is 5.91 Å². The molecule has 0 saturated heterocycles. The minimum absolute atomic E-state index is 0.139. The maximum atomic E-state index is 12.2. The molecule has 156 valence electrons. The van der Waals surface area contributed by atoms with Crippen LogP contribution in [0.15, 0.2) is 40.8 Å². The van der Waals surface area contributed by atoms with Crippen molar-refractivity contribution in [3.63, 3.8) is 0 Å². The van der Waals surface area contributed by atoms with Gasteiger partial charge in [-0.25, -0.2) is 0 Å². The highest BCUT2D eigenvalue weighted by Gasteiger charge is 2.22. The van der Waals surface area contributed by atoms with Crippen molar-refractivity contribution in [2.45, 2.75) is 19.3 Å². The summed E-state index contributed by atoms with van der Waals surface area (Å²) in [5, 5.41) is 16.8. The summed E-state index contributed by atoms with van der Waals surface area (Å²) in [6.45, 7) is 0. The number of benzene rings is 1. The maximum Gasteiger partial charge on any atom is 0.250 e. The van der Waals surface area contributed by atoms with E-state index in [1.54, 1.807) is 30.3 Å². The predicted molar refractivity (Wildman–Crippen MR) is 129 cm³/mol. The number of carbonyl (C=O) groups is 1. The first-order valence-electron chi connectivity index (χ1n) is 9.34. The zero-order valence-electron chi connectivity index (χ0n) is 16.0. The molecule has 0 bridgehead atoms. The summed E-state index contributed by atoms with van der Waals surface area (Å²) in [7, 11) is 0. The van der Waals surface area contributed by atoms with E-state index in [0.29, 0.717) is 32.1 Å². The molecule has 9 heteroatoms. The molecule has 0 fully saturated rings. The van der Waals surface area contributed by atoms with Crippen molar-refractivity contribution in [1.82, 2.24) is 5.32 Å². The molecule has 0 saturated carbocycles. The molecule has 5 nitrogen and oxygen atoms in total. The summed E-state index contributed by atoms with van der Waals surface area (Å²) in [5.41, 5.74) is 2.45. The molecule has 31 heavy (non-hydrogen) atoms. The molecule has 1 aromatic carbocycles. The minimum atomic E-state index is -0.413. The highest BCUT2D eigenvalue weighted by molar-refractivity contribution is 7.80. The number of nitrogens with one attached hydrogen (secondary N) is 2. The number of amides is 1.